The first kappa shape index (κ1) is 18.1. The first-order valence-electron chi connectivity index (χ1n) is 7.23. The Kier molecular flexibility index (Phi) is 5.31. The van der Waals surface area contributed by atoms with Crippen LogP contribution in [0.5, 0.6) is 5.75 Å². The Labute approximate surface area is 148 Å². The van der Waals surface area contributed by atoms with Crippen molar-refractivity contribution >= 4 is 34.4 Å². The molecule has 2 N–H and O–H groups in total. The number of aromatic nitrogens is 2. The molecule has 0 aliphatic carbocycles. The number of rotatable bonds is 6. The third-order valence-corrected chi connectivity index (χ3v) is 4.09. The predicted octanol–water partition coefficient (Wildman–Crippen LogP) is 4.17. The molecule has 0 spiro atoms. The molecule has 0 aliphatic rings. The van der Waals surface area contributed by atoms with Crippen molar-refractivity contribution in [3.05, 3.63) is 48.0 Å². The van der Waals surface area contributed by atoms with Gasteiger partial charge in [-0.2, -0.15) is 8.78 Å². The number of anilines is 1. The van der Waals surface area contributed by atoms with Gasteiger partial charge in [-0.05, 0) is 12.1 Å². The van der Waals surface area contributed by atoms with Gasteiger partial charge in [0.1, 0.15) is 5.75 Å². The maximum atomic E-state index is 13.2. The number of alkyl halides is 2. The molecular weight excluding hydrogens is 374 g/mol. The number of imidazole rings is 1. The number of halogens is 4. The predicted molar refractivity (Wildman–Crippen MR) is 88.4 cm³/mol. The highest BCUT2D eigenvalue weighted by Gasteiger charge is 2.13. The van der Waals surface area contributed by atoms with Crippen LogP contribution in [0.25, 0.3) is 11.0 Å². The van der Waals surface area contributed by atoms with Crippen molar-refractivity contribution in [3.8, 4) is 5.75 Å². The summed E-state index contributed by atoms with van der Waals surface area (Å²) in [6.45, 7) is -3.02. The number of hydrogen-bond donors (Lipinski definition) is 2. The van der Waals surface area contributed by atoms with Crippen LogP contribution < -0.4 is 10.1 Å². The zero-order valence-electron chi connectivity index (χ0n) is 12.9. The van der Waals surface area contributed by atoms with E-state index in [1.165, 1.54) is 18.2 Å². The van der Waals surface area contributed by atoms with E-state index in [2.05, 4.69) is 20.0 Å². The molecule has 2 aromatic carbocycles. The van der Waals surface area contributed by atoms with Crippen molar-refractivity contribution in [2.75, 3.05) is 11.1 Å². The van der Waals surface area contributed by atoms with Crippen LogP contribution in [0.1, 0.15) is 0 Å². The molecule has 0 saturated carbocycles. The van der Waals surface area contributed by atoms with Crippen molar-refractivity contribution in [2.24, 2.45) is 0 Å². The van der Waals surface area contributed by atoms with Crippen LogP contribution >= 0.6 is 11.8 Å². The number of benzene rings is 2. The number of nitrogens with one attached hydrogen (secondary N) is 2. The van der Waals surface area contributed by atoms with Crippen LogP contribution in [0, 0.1) is 11.6 Å². The van der Waals surface area contributed by atoms with E-state index >= 15 is 0 Å². The molecule has 0 saturated heterocycles. The Morgan fingerprint density at radius 1 is 1.23 bits per heavy atom. The maximum absolute atomic E-state index is 13.2. The Bertz CT molecular complexity index is 909. The van der Waals surface area contributed by atoms with Gasteiger partial charge in [-0.15, -0.1) is 0 Å². The van der Waals surface area contributed by atoms with E-state index in [1.54, 1.807) is 6.07 Å². The summed E-state index contributed by atoms with van der Waals surface area (Å²) in [6, 6.07) is 7.70. The summed E-state index contributed by atoms with van der Waals surface area (Å²) in [5.41, 5.74) is 0.622. The van der Waals surface area contributed by atoms with Crippen molar-refractivity contribution in [2.45, 2.75) is 11.8 Å². The van der Waals surface area contributed by atoms with E-state index in [1.807, 2.05) is 0 Å². The molecule has 26 heavy (non-hydrogen) atoms. The average molecular weight is 385 g/mol. The second kappa shape index (κ2) is 7.65. The molecular formula is C16H11F4N3O2S. The summed E-state index contributed by atoms with van der Waals surface area (Å²) >= 11 is 0.992. The van der Waals surface area contributed by atoms with Crippen molar-refractivity contribution in [1.29, 1.82) is 0 Å². The van der Waals surface area contributed by atoms with Gasteiger partial charge < -0.3 is 15.0 Å². The van der Waals surface area contributed by atoms with E-state index in [0.29, 0.717) is 5.52 Å². The second-order valence-corrected chi connectivity index (χ2v) is 6.00. The van der Waals surface area contributed by atoms with Gasteiger partial charge in [0.2, 0.25) is 5.91 Å². The van der Waals surface area contributed by atoms with Gasteiger partial charge in [0.25, 0.3) is 0 Å². The van der Waals surface area contributed by atoms with E-state index in [9.17, 15) is 22.4 Å². The molecule has 0 unspecified atom stereocenters. The molecule has 10 heteroatoms. The number of para-hydroxylation sites is 2. The van der Waals surface area contributed by atoms with Gasteiger partial charge in [0.05, 0.1) is 22.5 Å². The minimum Gasteiger partial charge on any atom is -0.433 e. The zero-order chi connectivity index (χ0) is 18.7. The first-order chi connectivity index (χ1) is 12.4. The van der Waals surface area contributed by atoms with Crippen LogP contribution in [0.4, 0.5) is 23.2 Å². The fraction of sp³-hybridized carbons (Fsp3) is 0.125. The van der Waals surface area contributed by atoms with E-state index in [-0.39, 0.29) is 27.9 Å². The molecule has 0 fully saturated rings. The van der Waals surface area contributed by atoms with Crippen LogP contribution in [-0.4, -0.2) is 28.2 Å². The Hall–Kier alpha value is -2.75. The molecule has 0 bridgehead atoms. The zero-order valence-corrected chi connectivity index (χ0v) is 13.7. The molecule has 1 aromatic heterocycles. The normalized spacial score (nSPS) is 11.1. The molecule has 0 aliphatic heterocycles. The van der Waals surface area contributed by atoms with Gasteiger partial charge >= 0.3 is 6.61 Å². The van der Waals surface area contributed by atoms with Crippen LogP contribution in [0.2, 0.25) is 0 Å². The summed E-state index contributed by atoms with van der Waals surface area (Å²) in [5, 5.41) is 2.75. The number of thioether (sulfide) groups is 1. The Balaban J connectivity index is 1.64. The number of hydrogen-bond acceptors (Lipinski definition) is 4. The summed E-state index contributed by atoms with van der Waals surface area (Å²) in [7, 11) is 0. The summed E-state index contributed by atoms with van der Waals surface area (Å²) in [5.74, 6) is -2.78. The Morgan fingerprint density at radius 2 is 1.96 bits per heavy atom. The molecule has 136 valence electrons. The van der Waals surface area contributed by atoms with Crippen molar-refractivity contribution in [1.82, 2.24) is 9.97 Å². The molecule has 1 heterocycles. The molecule has 3 aromatic rings. The van der Waals surface area contributed by atoms with E-state index < -0.39 is 24.2 Å². The number of fused-ring (bicyclic) bond motifs is 1. The Morgan fingerprint density at radius 3 is 2.73 bits per heavy atom. The van der Waals surface area contributed by atoms with Crippen LogP contribution in [0.15, 0.2) is 41.6 Å². The number of H-pyrrole nitrogens is 1. The number of ether oxygens (including phenoxy) is 1. The second-order valence-electron chi connectivity index (χ2n) is 5.04. The minimum atomic E-state index is -3.02. The van der Waals surface area contributed by atoms with Gasteiger partial charge in [0.15, 0.2) is 16.8 Å². The third-order valence-electron chi connectivity index (χ3n) is 3.22. The highest BCUT2D eigenvalue weighted by atomic mass is 32.2. The summed E-state index contributed by atoms with van der Waals surface area (Å²) in [6.07, 6.45) is 0. The average Bonchev–Trinajstić information content (AvgIpc) is 2.96. The van der Waals surface area contributed by atoms with Crippen molar-refractivity contribution in [3.63, 3.8) is 0 Å². The quantitative estimate of drug-likeness (QED) is 0.494. The lowest BCUT2D eigenvalue weighted by molar-refractivity contribution is -0.113. The first-order valence-corrected chi connectivity index (χ1v) is 8.22. The standard InChI is InChI=1S/C16H11F4N3O2S/c17-8-5-11-12(6-9(8)18)23-16(22-11)26-7-14(24)21-10-3-1-2-4-13(10)25-15(19)20/h1-6,15H,7H2,(H,21,24)(H,22,23). The molecule has 0 atom stereocenters. The third kappa shape index (κ3) is 4.26. The number of amides is 1. The van der Waals surface area contributed by atoms with E-state index in [0.717, 1.165) is 23.9 Å². The lowest BCUT2D eigenvalue weighted by atomic mass is 10.3. The fourth-order valence-corrected chi connectivity index (χ4v) is 2.82. The van der Waals surface area contributed by atoms with Gasteiger partial charge in [-0.1, -0.05) is 23.9 Å². The van der Waals surface area contributed by atoms with Crippen LogP contribution in [-0.2, 0) is 4.79 Å². The summed E-state index contributed by atoms with van der Waals surface area (Å²) in [4.78, 5) is 18.8. The van der Waals surface area contributed by atoms with Crippen LogP contribution in [0.3, 0.4) is 0 Å². The lowest BCUT2D eigenvalue weighted by Gasteiger charge is -2.11. The molecule has 0 radical (unpaired) electrons. The smallest absolute Gasteiger partial charge is 0.387 e. The highest BCUT2D eigenvalue weighted by Crippen LogP contribution is 2.26. The monoisotopic (exact) mass is 385 g/mol. The molecule has 3 rings (SSSR count). The lowest BCUT2D eigenvalue weighted by Crippen LogP contribution is -2.15. The summed E-state index contributed by atoms with van der Waals surface area (Å²) < 4.78 is 55.4. The molecule has 5 nitrogen and oxygen atoms in total. The maximum Gasteiger partial charge on any atom is 0.387 e. The van der Waals surface area contributed by atoms with Gasteiger partial charge in [0, 0.05) is 12.1 Å². The SMILES string of the molecule is O=C(CSc1nc2cc(F)c(F)cc2[nH]1)Nc1ccccc1OC(F)F. The van der Waals surface area contributed by atoms with Crippen molar-refractivity contribution < 1.29 is 27.1 Å². The minimum absolute atomic E-state index is 0.103. The number of aromatic amines is 1. The number of carbonyl (C=O) groups excluding carboxylic acids is 1. The number of nitrogens with zero attached hydrogens (tertiary/aromatic N) is 1. The fourth-order valence-electron chi connectivity index (χ4n) is 2.14. The largest absolute Gasteiger partial charge is 0.433 e. The highest BCUT2D eigenvalue weighted by molar-refractivity contribution is 7.99. The van der Waals surface area contributed by atoms with Gasteiger partial charge in [-0.3, -0.25) is 4.79 Å². The molecule has 1 amide bonds. The topological polar surface area (TPSA) is 67.0 Å². The number of carbonyl (C=O) groups is 1. The van der Waals surface area contributed by atoms with E-state index in [4.69, 9.17) is 0 Å². The van der Waals surface area contributed by atoms with Gasteiger partial charge in [-0.25, -0.2) is 13.8 Å².